The molecule has 6 nitrogen and oxygen atoms in total. The Morgan fingerprint density at radius 1 is 1.33 bits per heavy atom. The Balaban J connectivity index is 2.61. The molecule has 0 fully saturated rings. The van der Waals surface area contributed by atoms with Gasteiger partial charge in [0.2, 0.25) is 0 Å². The van der Waals surface area contributed by atoms with Crippen LogP contribution in [-0.2, 0) is 7.05 Å². The maximum atomic E-state index is 9.96. The lowest BCUT2D eigenvalue weighted by Gasteiger charge is -2.29. The molecule has 0 aliphatic rings. The fraction of sp³-hybridized carbons (Fsp3) is 0.200. The number of aryl methyl sites for hydroxylation is 2. The summed E-state index contributed by atoms with van der Waals surface area (Å²) in [5.41, 5.74) is 8.88. The van der Waals surface area contributed by atoms with Crippen LogP contribution < -0.4 is 10.6 Å². The smallest absolute Gasteiger partial charge is 0.174 e. The molecule has 0 aliphatic carbocycles. The summed E-state index contributed by atoms with van der Waals surface area (Å²) in [6, 6.07) is 3.47. The third-order valence-corrected chi connectivity index (χ3v) is 3.35. The summed E-state index contributed by atoms with van der Waals surface area (Å²) >= 11 is 0. The number of aromatic hydroxyl groups is 1. The van der Waals surface area contributed by atoms with E-state index in [9.17, 15) is 5.11 Å². The van der Waals surface area contributed by atoms with Crippen molar-refractivity contribution in [3.63, 3.8) is 0 Å². The van der Waals surface area contributed by atoms with E-state index in [1.165, 1.54) is 6.33 Å². The Kier molecular flexibility index (Phi) is 3.71. The number of nitrogens with two attached hydrogens (primary N) is 1. The quantitative estimate of drug-likeness (QED) is 0.898. The molecule has 0 unspecified atom stereocenters. The van der Waals surface area contributed by atoms with Crippen LogP contribution in [0.4, 0.5) is 5.69 Å². The second-order valence-corrected chi connectivity index (χ2v) is 4.86. The van der Waals surface area contributed by atoms with Crippen LogP contribution in [0.2, 0.25) is 0 Å². The summed E-state index contributed by atoms with van der Waals surface area (Å²) in [7, 11) is 1.77. The molecule has 6 heteroatoms. The lowest BCUT2D eigenvalue weighted by atomic mass is 10.1. The van der Waals surface area contributed by atoms with E-state index >= 15 is 0 Å². The Bertz CT molecular complexity index is 717. The number of aromatic nitrogens is 3. The normalized spacial score (nSPS) is 10.4. The Morgan fingerprint density at radius 2 is 2.00 bits per heavy atom. The van der Waals surface area contributed by atoms with Crippen molar-refractivity contribution in [3.8, 4) is 5.75 Å². The molecule has 21 heavy (non-hydrogen) atoms. The highest BCUT2D eigenvalue weighted by molar-refractivity contribution is 5.82. The zero-order chi connectivity index (χ0) is 15.7. The average Bonchev–Trinajstić information content (AvgIpc) is 2.84. The number of rotatable bonds is 4. The second-order valence-electron chi connectivity index (χ2n) is 4.86. The van der Waals surface area contributed by atoms with E-state index in [2.05, 4.69) is 23.2 Å². The fourth-order valence-corrected chi connectivity index (χ4v) is 2.28. The summed E-state index contributed by atoms with van der Waals surface area (Å²) in [5.74, 6) is 1.05. The second kappa shape index (κ2) is 5.32. The zero-order valence-electron chi connectivity index (χ0n) is 12.5. The first-order valence-electron chi connectivity index (χ1n) is 6.41. The molecule has 0 amide bonds. The topological polar surface area (TPSA) is 80.2 Å². The minimum Gasteiger partial charge on any atom is -0.508 e. The molecule has 0 saturated heterocycles. The van der Waals surface area contributed by atoms with Gasteiger partial charge in [-0.05, 0) is 25.5 Å². The van der Waals surface area contributed by atoms with Gasteiger partial charge in [0, 0.05) is 12.6 Å². The summed E-state index contributed by atoms with van der Waals surface area (Å²) in [6.45, 7) is 11.6. The third kappa shape index (κ3) is 2.47. The minimum absolute atomic E-state index is 0.188. The van der Waals surface area contributed by atoms with Crippen LogP contribution in [0.3, 0.4) is 0 Å². The minimum atomic E-state index is 0.188. The molecule has 0 radical (unpaired) electrons. The predicted octanol–water partition coefficient (Wildman–Crippen LogP) is 2.04. The number of hydrogen-bond acceptors (Lipinski definition) is 5. The van der Waals surface area contributed by atoms with Gasteiger partial charge in [0.15, 0.2) is 5.82 Å². The van der Waals surface area contributed by atoms with E-state index in [4.69, 9.17) is 5.73 Å². The standard InChI is InChI=1S/C15H19N5O/c1-9-6-7-13(21)10(2)14(9)20(12(4)16)11(3)15-17-8-18-19(15)5/h6-8,21H,3-4,16H2,1-2,5H3. The van der Waals surface area contributed by atoms with Gasteiger partial charge in [0.1, 0.15) is 17.9 Å². The first-order chi connectivity index (χ1) is 9.84. The van der Waals surface area contributed by atoms with Crippen molar-refractivity contribution in [3.05, 3.63) is 54.4 Å². The first kappa shape index (κ1) is 14.6. The predicted molar refractivity (Wildman–Crippen MR) is 83.4 cm³/mol. The molecule has 0 spiro atoms. The lowest BCUT2D eigenvalue weighted by molar-refractivity contribution is 0.471. The molecular formula is C15H19N5O. The Morgan fingerprint density at radius 3 is 2.52 bits per heavy atom. The highest BCUT2D eigenvalue weighted by Gasteiger charge is 2.22. The van der Waals surface area contributed by atoms with E-state index in [0.717, 1.165) is 11.3 Å². The van der Waals surface area contributed by atoms with Gasteiger partial charge < -0.3 is 10.8 Å². The van der Waals surface area contributed by atoms with Crippen molar-refractivity contribution in [2.24, 2.45) is 12.8 Å². The highest BCUT2D eigenvalue weighted by atomic mass is 16.3. The van der Waals surface area contributed by atoms with Crippen molar-refractivity contribution in [1.29, 1.82) is 0 Å². The van der Waals surface area contributed by atoms with E-state index in [1.54, 1.807) is 22.7 Å². The van der Waals surface area contributed by atoms with E-state index < -0.39 is 0 Å². The van der Waals surface area contributed by atoms with Gasteiger partial charge in [-0.1, -0.05) is 19.2 Å². The SMILES string of the molecule is C=C(N)N(C(=C)c1ncnn1C)c1c(C)ccc(O)c1C. The molecule has 110 valence electrons. The molecule has 0 aliphatic heterocycles. The molecule has 0 bridgehead atoms. The van der Waals surface area contributed by atoms with Crippen LogP contribution in [0.15, 0.2) is 37.4 Å². The summed E-state index contributed by atoms with van der Waals surface area (Å²) < 4.78 is 1.60. The number of anilines is 1. The van der Waals surface area contributed by atoms with Gasteiger partial charge in [-0.25, -0.2) is 9.67 Å². The van der Waals surface area contributed by atoms with Crippen LogP contribution in [0.5, 0.6) is 5.75 Å². The molecule has 1 aromatic carbocycles. The van der Waals surface area contributed by atoms with Gasteiger partial charge in [-0.3, -0.25) is 4.90 Å². The van der Waals surface area contributed by atoms with Gasteiger partial charge in [-0.2, -0.15) is 5.10 Å². The molecule has 3 N–H and O–H groups in total. The van der Waals surface area contributed by atoms with E-state index in [0.29, 0.717) is 22.9 Å². The zero-order valence-corrected chi connectivity index (χ0v) is 12.5. The van der Waals surface area contributed by atoms with Crippen molar-refractivity contribution in [2.75, 3.05) is 4.90 Å². The molecule has 2 rings (SSSR count). The van der Waals surface area contributed by atoms with Crippen molar-refractivity contribution >= 4 is 11.4 Å². The largest absolute Gasteiger partial charge is 0.508 e. The summed E-state index contributed by atoms with van der Waals surface area (Å²) in [6.07, 6.45) is 1.44. The van der Waals surface area contributed by atoms with Crippen LogP contribution in [0, 0.1) is 13.8 Å². The van der Waals surface area contributed by atoms with Gasteiger partial charge in [0.25, 0.3) is 0 Å². The molecule has 1 aromatic heterocycles. The van der Waals surface area contributed by atoms with Crippen molar-refractivity contribution < 1.29 is 5.11 Å². The van der Waals surface area contributed by atoms with Crippen LogP contribution in [0.25, 0.3) is 5.70 Å². The average molecular weight is 285 g/mol. The van der Waals surface area contributed by atoms with Gasteiger partial charge in [0.05, 0.1) is 11.4 Å². The maximum absolute atomic E-state index is 9.96. The van der Waals surface area contributed by atoms with Crippen LogP contribution >= 0.6 is 0 Å². The number of phenols is 1. The highest BCUT2D eigenvalue weighted by Crippen LogP contribution is 2.36. The Labute approximate surface area is 123 Å². The monoisotopic (exact) mass is 285 g/mol. The van der Waals surface area contributed by atoms with Crippen LogP contribution in [-0.4, -0.2) is 19.9 Å². The summed E-state index contributed by atoms with van der Waals surface area (Å²) in [4.78, 5) is 5.85. The molecule has 0 atom stereocenters. The first-order valence-corrected chi connectivity index (χ1v) is 6.41. The van der Waals surface area contributed by atoms with Crippen LogP contribution in [0.1, 0.15) is 17.0 Å². The van der Waals surface area contributed by atoms with Crippen molar-refractivity contribution in [2.45, 2.75) is 13.8 Å². The number of benzene rings is 1. The maximum Gasteiger partial charge on any atom is 0.174 e. The molecular weight excluding hydrogens is 266 g/mol. The summed E-state index contributed by atoms with van der Waals surface area (Å²) in [5, 5.41) is 14.0. The molecule has 1 heterocycles. The van der Waals surface area contributed by atoms with Gasteiger partial charge in [-0.15, -0.1) is 0 Å². The fourth-order valence-electron chi connectivity index (χ4n) is 2.28. The number of hydrogen-bond donors (Lipinski definition) is 2. The third-order valence-electron chi connectivity index (χ3n) is 3.35. The number of phenolic OH excluding ortho intramolecular Hbond substituents is 1. The molecule has 0 saturated carbocycles. The van der Waals surface area contributed by atoms with E-state index in [-0.39, 0.29) is 5.75 Å². The number of nitrogens with zero attached hydrogens (tertiary/aromatic N) is 4. The molecule has 2 aromatic rings. The van der Waals surface area contributed by atoms with E-state index in [1.807, 2.05) is 19.9 Å². The van der Waals surface area contributed by atoms with Crippen molar-refractivity contribution in [1.82, 2.24) is 14.8 Å². The lowest BCUT2D eigenvalue weighted by Crippen LogP contribution is -2.27. The van der Waals surface area contributed by atoms with Gasteiger partial charge >= 0.3 is 0 Å². The Hall–Kier alpha value is -2.76.